The Morgan fingerprint density at radius 2 is 1.90 bits per heavy atom. The van der Waals surface area contributed by atoms with E-state index in [0.29, 0.717) is 16.5 Å². The molecule has 0 spiro atoms. The molecule has 166 valence electrons. The molecule has 1 unspecified atom stereocenters. The quantitative estimate of drug-likeness (QED) is 0.444. The van der Waals surface area contributed by atoms with E-state index < -0.39 is 5.97 Å². The van der Waals surface area contributed by atoms with Gasteiger partial charge < -0.3 is 15.0 Å². The van der Waals surface area contributed by atoms with E-state index in [4.69, 9.17) is 4.74 Å². The largest absolute Gasteiger partial charge is 0.452 e. The zero-order valence-corrected chi connectivity index (χ0v) is 19.1. The number of nitrogens with zero attached hydrogens (tertiary/aromatic N) is 1. The van der Waals surface area contributed by atoms with Crippen LogP contribution in [0.4, 0.5) is 0 Å². The van der Waals surface area contributed by atoms with Crippen molar-refractivity contribution in [3.8, 4) is 0 Å². The maximum atomic E-state index is 12.6. The first-order chi connectivity index (χ1) is 14.4. The molecular formula is C23H34N2O4S. The van der Waals surface area contributed by atoms with Crippen molar-refractivity contribution in [3.63, 3.8) is 0 Å². The predicted octanol–water partition coefficient (Wildman–Crippen LogP) is 4.03. The number of hydrogen-bond acceptors (Lipinski definition) is 5. The van der Waals surface area contributed by atoms with Crippen LogP contribution < -0.4 is 5.32 Å². The van der Waals surface area contributed by atoms with E-state index in [2.05, 4.69) is 12.2 Å². The molecule has 2 rings (SSSR count). The van der Waals surface area contributed by atoms with Gasteiger partial charge in [-0.3, -0.25) is 9.59 Å². The monoisotopic (exact) mass is 434 g/mol. The van der Waals surface area contributed by atoms with Crippen molar-refractivity contribution in [2.75, 3.05) is 19.4 Å². The number of nitrogens with one attached hydrogen (secondary N) is 1. The van der Waals surface area contributed by atoms with Gasteiger partial charge in [-0.1, -0.05) is 44.7 Å². The Hall–Kier alpha value is -2.02. The summed E-state index contributed by atoms with van der Waals surface area (Å²) in [6.45, 7) is 3.67. The molecule has 0 heterocycles. The maximum absolute atomic E-state index is 12.6. The third kappa shape index (κ3) is 7.67. The molecule has 1 aliphatic carbocycles. The van der Waals surface area contributed by atoms with Crippen molar-refractivity contribution in [1.29, 1.82) is 0 Å². The normalized spacial score (nSPS) is 15.3. The Bertz CT molecular complexity index is 719. The highest BCUT2D eigenvalue weighted by molar-refractivity contribution is 8.00. The zero-order valence-electron chi connectivity index (χ0n) is 18.3. The number of hydrogen-bond donors (Lipinski definition) is 1. The standard InChI is InChI=1S/C23H34N2O4S/c1-4-10-17(2)24-21(26)15-29-23(28)19-13-8-9-14-20(19)30-16-22(27)25(3)18-11-6-5-7-12-18/h8-9,13-14,17-18H,4-7,10-12,15-16H2,1-3H3,(H,24,26). The molecule has 1 aliphatic rings. The fourth-order valence-electron chi connectivity index (χ4n) is 3.70. The van der Waals surface area contributed by atoms with Crippen LogP contribution in [-0.2, 0) is 14.3 Å². The number of carbonyl (C=O) groups excluding carboxylic acids is 3. The minimum Gasteiger partial charge on any atom is -0.452 e. The molecule has 0 aromatic heterocycles. The van der Waals surface area contributed by atoms with Gasteiger partial charge in [-0.2, -0.15) is 0 Å². The van der Waals surface area contributed by atoms with Crippen LogP contribution in [0.5, 0.6) is 0 Å². The van der Waals surface area contributed by atoms with Crippen molar-refractivity contribution in [2.24, 2.45) is 0 Å². The van der Waals surface area contributed by atoms with Gasteiger partial charge in [0, 0.05) is 24.0 Å². The Labute approximate surface area is 184 Å². The van der Waals surface area contributed by atoms with Gasteiger partial charge in [0.2, 0.25) is 5.91 Å². The van der Waals surface area contributed by atoms with Gasteiger partial charge in [0.25, 0.3) is 5.91 Å². The molecule has 0 bridgehead atoms. The zero-order chi connectivity index (χ0) is 21.9. The third-order valence-corrected chi connectivity index (χ3v) is 6.50. The minimum atomic E-state index is -0.551. The second-order valence-electron chi connectivity index (χ2n) is 7.91. The summed E-state index contributed by atoms with van der Waals surface area (Å²) in [4.78, 5) is 39.6. The second kappa shape index (κ2) is 12.6. The molecular weight excluding hydrogens is 400 g/mol. The molecule has 30 heavy (non-hydrogen) atoms. The van der Waals surface area contributed by atoms with Gasteiger partial charge >= 0.3 is 5.97 Å². The lowest BCUT2D eigenvalue weighted by Crippen LogP contribution is -2.39. The molecule has 1 fully saturated rings. The van der Waals surface area contributed by atoms with E-state index in [1.54, 1.807) is 18.2 Å². The van der Waals surface area contributed by atoms with E-state index in [0.717, 1.165) is 25.7 Å². The fourth-order valence-corrected chi connectivity index (χ4v) is 4.67. The maximum Gasteiger partial charge on any atom is 0.339 e. The van der Waals surface area contributed by atoms with E-state index >= 15 is 0 Å². The highest BCUT2D eigenvalue weighted by atomic mass is 32.2. The Morgan fingerprint density at radius 3 is 2.60 bits per heavy atom. The first-order valence-electron chi connectivity index (χ1n) is 10.9. The van der Waals surface area contributed by atoms with E-state index in [1.165, 1.54) is 31.0 Å². The molecule has 1 saturated carbocycles. The van der Waals surface area contributed by atoms with Crippen LogP contribution in [-0.4, -0.2) is 54.2 Å². The van der Waals surface area contributed by atoms with Crippen LogP contribution in [0.15, 0.2) is 29.2 Å². The van der Waals surface area contributed by atoms with Crippen LogP contribution >= 0.6 is 11.8 Å². The predicted molar refractivity (Wildman–Crippen MR) is 120 cm³/mol. The third-order valence-electron chi connectivity index (χ3n) is 5.44. The molecule has 0 radical (unpaired) electrons. The van der Waals surface area contributed by atoms with Gasteiger partial charge in [0.05, 0.1) is 11.3 Å². The van der Waals surface area contributed by atoms with Crippen molar-refractivity contribution >= 4 is 29.5 Å². The molecule has 1 aromatic carbocycles. The van der Waals surface area contributed by atoms with Crippen molar-refractivity contribution in [3.05, 3.63) is 29.8 Å². The lowest BCUT2D eigenvalue weighted by Gasteiger charge is -2.31. The lowest BCUT2D eigenvalue weighted by molar-refractivity contribution is -0.129. The van der Waals surface area contributed by atoms with E-state index in [1.807, 2.05) is 24.9 Å². The van der Waals surface area contributed by atoms with Gasteiger partial charge in [0.1, 0.15) is 0 Å². The van der Waals surface area contributed by atoms with Crippen LogP contribution in [0, 0.1) is 0 Å². The molecule has 1 N–H and O–H groups in total. The molecule has 1 atom stereocenters. The van der Waals surface area contributed by atoms with Crippen LogP contribution in [0.1, 0.15) is 69.2 Å². The minimum absolute atomic E-state index is 0.0520. The summed E-state index contributed by atoms with van der Waals surface area (Å²) < 4.78 is 5.20. The highest BCUT2D eigenvalue weighted by Crippen LogP contribution is 2.26. The Kier molecular flexibility index (Phi) is 10.2. The lowest BCUT2D eigenvalue weighted by atomic mass is 9.94. The first kappa shape index (κ1) is 24.3. The summed E-state index contributed by atoms with van der Waals surface area (Å²) in [5.41, 5.74) is 0.380. The summed E-state index contributed by atoms with van der Waals surface area (Å²) in [5.74, 6) is -0.519. The molecule has 0 saturated heterocycles. The van der Waals surface area contributed by atoms with E-state index in [-0.39, 0.29) is 30.2 Å². The molecule has 6 nitrogen and oxygen atoms in total. The van der Waals surface area contributed by atoms with Crippen molar-refractivity contribution < 1.29 is 19.1 Å². The van der Waals surface area contributed by atoms with Crippen LogP contribution in [0.2, 0.25) is 0 Å². The second-order valence-corrected chi connectivity index (χ2v) is 8.93. The molecule has 7 heteroatoms. The van der Waals surface area contributed by atoms with Gasteiger partial charge in [0.15, 0.2) is 6.61 Å². The number of rotatable bonds is 10. The van der Waals surface area contributed by atoms with Crippen LogP contribution in [0.3, 0.4) is 0 Å². The van der Waals surface area contributed by atoms with Gasteiger partial charge in [-0.15, -0.1) is 11.8 Å². The number of amides is 2. The summed E-state index contributed by atoms with van der Waals surface area (Å²) in [7, 11) is 1.87. The molecule has 2 amide bonds. The fraction of sp³-hybridized carbons (Fsp3) is 0.609. The highest BCUT2D eigenvalue weighted by Gasteiger charge is 2.23. The summed E-state index contributed by atoms with van der Waals surface area (Å²) >= 11 is 1.33. The Morgan fingerprint density at radius 1 is 1.20 bits per heavy atom. The average Bonchev–Trinajstić information content (AvgIpc) is 2.76. The van der Waals surface area contributed by atoms with Crippen molar-refractivity contribution in [2.45, 2.75) is 75.8 Å². The number of thioether (sulfide) groups is 1. The smallest absolute Gasteiger partial charge is 0.339 e. The number of benzene rings is 1. The molecule has 1 aromatic rings. The number of ether oxygens (including phenoxy) is 1. The molecule has 0 aliphatic heterocycles. The average molecular weight is 435 g/mol. The topological polar surface area (TPSA) is 75.7 Å². The summed E-state index contributed by atoms with van der Waals surface area (Å²) in [5, 5.41) is 2.81. The van der Waals surface area contributed by atoms with E-state index in [9.17, 15) is 14.4 Å². The SMILES string of the molecule is CCCC(C)NC(=O)COC(=O)c1ccccc1SCC(=O)N(C)C1CCCCC1. The van der Waals surface area contributed by atoms with Gasteiger partial charge in [-0.05, 0) is 38.3 Å². The first-order valence-corrected chi connectivity index (χ1v) is 11.8. The van der Waals surface area contributed by atoms with Crippen LogP contribution in [0.25, 0.3) is 0 Å². The Balaban J connectivity index is 1.87. The summed E-state index contributed by atoms with van der Waals surface area (Å²) in [6, 6.07) is 7.42. The summed E-state index contributed by atoms with van der Waals surface area (Å²) in [6.07, 6.45) is 7.58. The van der Waals surface area contributed by atoms with Gasteiger partial charge in [-0.25, -0.2) is 4.79 Å². The number of esters is 1. The van der Waals surface area contributed by atoms with Crippen molar-refractivity contribution in [1.82, 2.24) is 10.2 Å². The number of carbonyl (C=O) groups is 3.